The fourth-order valence-electron chi connectivity index (χ4n) is 3.08. The maximum atomic E-state index is 11.1. The Balaban J connectivity index is 1.43. The van der Waals surface area contributed by atoms with Crippen molar-refractivity contribution in [3.05, 3.63) is 12.4 Å². The standard InChI is InChI=1S/C16H26N6O2/c1-21(2)15-7-14(18-11-19-15)20-12-3-5-22(6-4-12)9-13-8-17-16(23)10-24-13/h7,11-13H,3-6,8-10H2,1-2H3,(H,17,23)(H,18,19,20). The molecule has 0 aromatic carbocycles. The van der Waals surface area contributed by atoms with Gasteiger partial charge >= 0.3 is 0 Å². The maximum Gasteiger partial charge on any atom is 0.246 e. The highest BCUT2D eigenvalue weighted by molar-refractivity contribution is 5.77. The van der Waals surface area contributed by atoms with E-state index in [4.69, 9.17) is 4.74 Å². The Labute approximate surface area is 142 Å². The van der Waals surface area contributed by atoms with Crippen LogP contribution < -0.4 is 15.5 Å². The molecule has 2 N–H and O–H groups in total. The van der Waals surface area contributed by atoms with Crippen LogP contribution in [-0.4, -0.2) is 79.8 Å². The van der Waals surface area contributed by atoms with Crippen LogP contribution in [0.1, 0.15) is 12.8 Å². The van der Waals surface area contributed by atoms with E-state index in [-0.39, 0.29) is 18.6 Å². The molecular weight excluding hydrogens is 308 g/mol. The van der Waals surface area contributed by atoms with E-state index in [1.807, 2.05) is 25.1 Å². The van der Waals surface area contributed by atoms with Crippen molar-refractivity contribution in [2.75, 3.05) is 57.1 Å². The van der Waals surface area contributed by atoms with E-state index in [9.17, 15) is 4.79 Å². The number of anilines is 2. The van der Waals surface area contributed by atoms with Gasteiger partial charge in [0, 0.05) is 52.4 Å². The molecular formula is C16H26N6O2. The predicted molar refractivity (Wildman–Crippen MR) is 92.2 cm³/mol. The minimum Gasteiger partial charge on any atom is -0.367 e. The average molecular weight is 334 g/mol. The number of nitrogens with zero attached hydrogens (tertiary/aromatic N) is 4. The zero-order valence-corrected chi connectivity index (χ0v) is 14.4. The molecule has 1 amide bonds. The van der Waals surface area contributed by atoms with E-state index in [0.717, 1.165) is 44.1 Å². The van der Waals surface area contributed by atoms with E-state index in [1.54, 1.807) is 6.33 Å². The summed E-state index contributed by atoms with van der Waals surface area (Å²) in [6.45, 7) is 3.73. The van der Waals surface area contributed by atoms with Crippen molar-refractivity contribution >= 4 is 17.5 Å². The molecule has 0 aliphatic carbocycles. The second kappa shape index (κ2) is 7.76. The normalized spacial score (nSPS) is 22.9. The predicted octanol–water partition coefficient (Wildman–Crippen LogP) is -0.0661. The zero-order chi connectivity index (χ0) is 16.9. The topological polar surface area (TPSA) is 82.6 Å². The Kier molecular flexibility index (Phi) is 5.47. The molecule has 1 atom stereocenters. The van der Waals surface area contributed by atoms with Gasteiger partial charge in [-0.15, -0.1) is 0 Å². The van der Waals surface area contributed by atoms with Crippen molar-refractivity contribution in [3.8, 4) is 0 Å². The Morgan fingerprint density at radius 1 is 1.38 bits per heavy atom. The van der Waals surface area contributed by atoms with Crippen molar-refractivity contribution in [1.82, 2.24) is 20.2 Å². The minimum absolute atomic E-state index is 0.0175. The molecule has 1 aromatic heterocycles. The lowest BCUT2D eigenvalue weighted by atomic mass is 10.0. The lowest BCUT2D eigenvalue weighted by molar-refractivity contribution is -0.133. The molecule has 2 aliphatic rings. The van der Waals surface area contributed by atoms with Gasteiger partial charge in [-0.3, -0.25) is 4.79 Å². The number of nitrogens with one attached hydrogen (secondary N) is 2. The fourth-order valence-corrected chi connectivity index (χ4v) is 3.08. The highest BCUT2D eigenvalue weighted by Gasteiger charge is 2.25. The second-order valence-electron chi connectivity index (χ2n) is 6.61. The van der Waals surface area contributed by atoms with Gasteiger partial charge in [-0.05, 0) is 12.8 Å². The number of rotatable bonds is 5. The van der Waals surface area contributed by atoms with Crippen LogP contribution in [0, 0.1) is 0 Å². The van der Waals surface area contributed by atoms with Crippen molar-refractivity contribution in [3.63, 3.8) is 0 Å². The first-order valence-corrected chi connectivity index (χ1v) is 8.46. The lowest BCUT2D eigenvalue weighted by Crippen LogP contribution is -2.50. The number of hydrogen-bond acceptors (Lipinski definition) is 7. The molecule has 1 aromatic rings. The summed E-state index contributed by atoms with van der Waals surface area (Å²) < 4.78 is 5.56. The number of ether oxygens (including phenoxy) is 1. The Hall–Kier alpha value is -1.93. The second-order valence-corrected chi connectivity index (χ2v) is 6.61. The zero-order valence-electron chi connectivity index (χ0n) is 14.4. The minimum atomic E-state index is -0.0175. The first-order chi connectivity index (χ1) is 11.6. The van der Waals surface area contributed by atoms with E-state index in [2.05, 4.69) is 25.5 Å². The van der Waals surface area contributed by atoms with E-state index < -0.39 is 0 Å². The van der Waals surface area contributed by atoms with Crippen LogP contribution in [0.3, 0.4) is 0 Å². The third-order valence-electron chi connectivity index (χ3n) is 4.49. The van der Waals surface area contributed by atoms with Gasteiger partial charge in [0.05, 0.1) is 6.10 Å². The van der Waals surface area contributed by atoms with Crippen LogP contribution in [0.5, 0.6) is 0 Å². The van der Waals surface area contributed by atoms with Gasteiger partial charge < -0.3 is 25.2 Å². The Morgan fingerprint density at radius 2 is 2.17 bits per heavy atom. The van der Waals surface area contributed by atoms with Crippen LogP contribution in [0.2, 0.25) is 0 Å². The summed E-state index contributed by atoms with van der Waals surface area (Å²) >= 11 is 0. The summed E-state index contributed by atoms with van der Waals surface area (Å²) in [6.07, 6.45) is 3.85. The molecule has 8 heteroatoms. The van der Waals surface area contributed by atoms with Crippen LogP contribution in [0.25, 0.3) is 0 Å². The number of morpholine rings is 1. The van der Waals surface area contributed by atoms with E-state index in [0.29, 0.717) is 12.6 Å². The number of carbonyl (C=O) groups excluding carboxylic acids is 1. The summed E-state index contributed by atoms with van der Waals surface area (Å²) in [5.74, 6) is 1.77. The van der Waals surface area contributed by atoms with Crippen molar-refractivity contribution in [2.45, 2.75) is 25.0 Å². The maximum absolute atomic E-state index is 11.1. The third-order valence-corrected chi connectivity index (χ3v) is 4.49. The van der Waals surface area contributed by atoms with Gasteiger partial charge in [0.15, 0.2) is 0 Å². The van der Waals surface area contributed by atoms with E-state index in [1.165, 1.54) is 0 Å². The summed E-state index contributed by atoms with van der Waals surface area (Å²) in [7, 11) is 3.95. The van der Waals surface area contributed by atoms with Crippen LogP contribution >= 0.6 is 0 Å². The molecule has 2 fully saturated rings. The van der Waals surface area contributed by atoms with Gasteiger partial charge in [0.25, 0.3) is 0 Å². The van der Waals surface area contributed by atoms with E-state index >= 15 is 0 Å². The van der Waals surface area contributed by atoms with Gasteiger partial charge in [-0.25, -0.2) is 9.97 Å². The molecule has 0 radical (unpaired) electrons. The summed E-state index contributed by atoms with van der Waals surface area (Å²) in [6, 6.07) is 2.41. The highest BCUT2D eigenvalue weighted by Crippen LogP contribution is 2.18. The van der Waals surface area contributed by atoms with Crippen molar-refractivity contribution in [1.29, 1.82) is 0 Å². The largest absolute Gasteiger partial charge is 0.367 e. The van der Waals surface area contributed by atoms with Crippen molar-refractivity contribution < 1.29 is 9.53 Å². The highest BCUT2D eigenvalue weighted by atomic mass is 16.5. The van der Waals surface area contributed by atoms with Crippen molar-refractivity contribution in [2.24, 2.45) is 0 Å². The fraction of sp³-hybridized carbons (Fsp3) is 0.688. The number of aromatic nitrogens is 2. The molecule has 3 rings (SSSR count). The number of amides is 1. The Bertz CT molecular complexity index is 549. The number of likely N-dealkylation sites (tertiary alicyclic amines) is 1. The molecule has 2 aliphatic heterocycles. The number of carbonyl (C=O) groups is 1. The molecule has 2 saturated heterocycles. The third kappa shape index (κ3) is 4.55. The number of piperidine rings is 1. The Morgan fingerprint density at radius 3 is 2.83 bits per heavy atom. The number of hydrogen-bond donors (Lipinski definition) is 2. The quantitative estimate of drug-likeness (QED) is 0.780. The molecule has 8 nitrogen and oxygen atoms in total. The first-order valence-electron chi connectivity index (χ1n) is 8.46. The molecule has 0 bridgehead atoms. The first kappa shape index (κ1) is 16.9. The van der Waals surface area contributed by atoms with Gasteiger partial charge in [-0.1, -0.05) is 0 Å². The molecule has 24 heavy (non-hydrogen) atoms. The van der Waals surface area contributed by atoms with Gasteiger partial charge in [0.2, 0.25) is 5.91 Å². The molecule has 3 heterocycles. The smallest absolute Gasteiger partial charge is 0.246 e. The SMILES string of the molecule is CN(C)c1cc(NC2CCN(CC3CNC(=O)CO3)CC2)ncn1. The van der Waals surface area contributed by atoms with Gasteiger partial charge in [0.1, 0.15) is 24.6 Å². The lowest BCUT2D eigenvalue weighted by Gasteiger charge is -2.35. The summed E-state index contributed by atoms with van der Waals surface area (Å²) in [4.78, 5) is 24.0. The summed E-state index contributed by atoms with van der Waals surface area (Å²) in [5.41, 5.74) is 0. The van der Waals surface area contributed by atoms with Crippen LogP contribution in [-0.2, 0) is 9.53 Å². The van der Waals surface area contributed by atoms with Gasteiger partial charge in [-0.2, -0.15) is 0 Å². The monoisotopic (exact) mass is 334 g/mol. The molecule has 0 spiro atoms. The average Bonchev–Trinajstić information content (AvgIpc) is 2.59. The molecule has 0 saturated carbocycles. The molecule has 132 valence electrons. The summed E-state index contributed by atoms with van der Waals surface area (Å²) in [5, 5.41) is 6.37. The molecule has 1 unspecified atom stereocenters. The van der Waals surface area contributed by atoms with Crippen LogP contribution in [0.4, 0.5) is 11.6 Å². The van der Waals surface area contributed by atoms with Crippen LogP contribution in [0.15, 0.2) is 12.4 Å².